The van der Waals surface area contributed by atoms with Crippen molar-refractivity contribution in [3.05, 3.63) is 18.2 Å². The molecule has 7 heteroatoms. The molecule has 0 spiro atoms. The number of methoxy groups -OCH3 is 1. The maximum atomic E-state index is 12.4. The van der Waals surface area contributed by atoms with Gasteiger partial charge in [-0.05, 0) is 43.9 Å². The minimum atomic E-state index is -3.34. The molecule has 2 rings (SSSR count). The monoisotopic (exact) mass is 354 g/mol. The molecule has 1 aliphatic rings. The molecule has 1 fully saturated rings. The lowest BCUT2D eigenvalue weighted by atomic mass is 10.0. The molecule has 1 aliphatic heterocycles. The lowest BCUT2D eigenvalue weighted by molar-refractivity contribution is -0.120. The minimum absolute atomic E-state index is 0.0439. The molecule has 0 bridgehead atoms. The highest BCUT2D eigenvalue weighted by molar-refractivity contribution is 7.92. The third-order valence-corrected chi connectivity index (χ3v) is 6.28. The Morgan fingerprint density at radius 3 is 2.58 bits per heavy atom. The van der Waals surface area contributed by atoms with E-state index in [1.54, 1.807) is 18.2 Å². The zero-order chi connectivity index (χ0) is 17.7. The molecule has 1 N–H and O–H groups in total. The molecule has 0 radical (unpaired) electrons. The Morgan fingerprint density at radius 1 is 1.29 bits per heavy atom. The number of sulfonamides is 1. The first kappa shape index (κ1) is 18.6. The summed E-state index contributed by atoms with van der Waals surface area (Å²) in [6, 6.07) is 5.11. The standard InChI is InChI=1S/C17H26N2O4S/c1-4-13(5-2)17(20)18-14-8-9-16(23-3)15(12-14)19-10-6-7-11-24(19,21)22/h8-9,12-13H,4-7,10-11H2,1-3H3,(H,18,20). The summed E-state index contributed by atoms with van der Waals surface area (Å²) in [7, 11) is -1.83. The predicted molar refractivity (Wildman–Crippen MR) is 96.1 cm³/mol. The van der Waals surface area contributed by atoms with Crippen LogP contribution in [0.2, 0.25) is 0 Å². The highest BCUT2D eigenvalue weighted by atomic mass is 32.2. The molecular formula is C17H26N2O4S. The minimum Gasteiger partial charge on any atom is -0.495 e. The van der Waals surface area contributed by atoms with Gasteiger partial charge in [-0.15, -0.1) is 0 Å². The Morgan fingerprint density at radius 2 is 2.00 bits per heavy atom. The summed E-state index contributed by atoms with van der Waals surface area (Å²) in [5.74, 6) is 0.536. The van der Waals surface area contributed by atoms with Crippen molar-refractivity contribution in [1.82, 2.24) is 0 Å². The van der Waals surface area contributed by atoms with Crippen LogP contribution in [0.5, 0.6) is 5.75 Å². The number of nitrogens with one attached hydrogen (secondary N) is 1. The normalized spacial score (nSPS) is 16.9. The second-order valence-corrected chi connectivity index (χ2v) is 8.00. The molecule has 1 aromatic rings. The van der Waals surface area contributed by atoms with Gasteiger partial charge in [-0.2, -0.15) is 0 Å². The van der Waals surface area contributed by atoms with Crippen molar-refractivity contribution < 1.29 is 17.9 Å². The number of hydrogen-bond donors (Lipinski definition) is 1. The van der Waals surface area contributed by atoms with E-state index in [2.05, 4.69) is 5.32 Å². The molecule has 6 nitrogen and oxygen atoms in total. The van der Waals surface area contributed by atoms with Crippen molar-refractivity contribution in [3.63, 3.8) is 0 Å². The number of benzene rings is 1. The van der Waals surface area contributed by atoms with E-state index in [1.807, 2.05) is 13.8 Å². The largest absolute Gasteiger partial charge is 0.495 e. The first-order valence-corrected chi connectivity index (χ1v) is 10.0. The van der Waals surface area contributed by atoms with Crippen LogP contribution in [0.4, 0.5) is 11.4 Å². The smallest absolute Gasteiger partial charge is 0.235 e. The van der Waals surface area contributed by atoms with E-state index in [0.29, 0.717) is 30.1 Å². The van der Waals surface area contributed by atoms with Crippen molar-refractivity contribution >= 4 is 27.3 Å². The second-order valence-electron chi connectivity index (χ2n) is 5.98. The molecule has 1 amide bonds. The van der Waals surface area contributed by atoms with E-state index >= 15 is 0 Å². The summed E-state index contributed by atoms with van der Waals surface area (Å²) >= 11 is 0. The van der Waals surface area contributed by atoms with Crippen LogP contribution >= 0.6 is 0 Å². The number of nitrogens with zero attached hydrogens (tertiary/aromatic N) is 1. The van der Waals surface area contributed by atoms with E-state index < -0.39 is 10.0 Å². The van der Waals surface area contributed by atoms with Crippen molar-refractivity contribution in [2.45, 2.75) is 39.5 Å². The molecule has 1 heterocycles. The van der Waals surface area contributed by atoms with E-state index in [0.717, 1.165) is 19.3 Å². The predicted octanol–water partition coefficient (Wildman–Crippen LogP) is 3.00. The molecule has 1 aromatic carbocycles. The number of carbonyl (C=O) groups is 1. The van der Waals surface area contributed by atoms with Gasteiger partial charge >= 0.3 is 0 Å². The van der Waals surface area contributed by atoms with Crippen molar-refractivity contribution in [2.24, 2.45) is 5.92 Å². The third kappa shape index (κ3) is 4.01. The van der Waals surface area contributed by atoms with Gasteiger partial charge in [-0.1, -0.05) is 13.8 Å². The van der Waals surface area contributed by atoms with Crippen LogP contribution < -0.4 is 14.4 Å². The number of amides is 1. The van der Waals surface area contributed by atoms with E-state index in [1.165, 1.54) is 11.4 Å². The maximum Gasteiger partial charge on any atom is 0.235 e. The maximum absolute atomic E-state index is 12.4. The highest BCUT2D eigenvalue weighted by Gasteiger charge is 2.28. The number of rotatable bonds is 6. The SMILES string of the molecule is CCC(CC)C(=O)Nc1ccc(OC)c(N2CCCCS2(=O)=O)c1. The number of ether oxygens (including phenoxy) is 1. The van der Waals surface area contributed by atoms with Gasteiger partial charge in [0.25, 0.3) is 0 Å². The Balaban J connectivity index is 2.32. The highest BCUT2D eigenvalue weighted by Crippen LogP contribution is 2.35. The van der Waals surface area contributed by atoms with Gasteiger partial charge in [-0.3, -0.25) is 9.10 Å². The molecule has 0 unspecified atom stereocenters. The van der Waals surface area contributed by atoms with Gasteiger partial charge in [0.05, 0.1) is 18.6 Å². The first-order chi connectivity index (χ1) is 11.4. The molecule has 24 heavy (non-hydrogen) atoms. The first-order valence-electron chi connectivity index (χ1n) is 8.42. The van der Waals surface area contributed by atoms with Crippen LogP contribution in [-0.4, -0.2) is 33.7 Å². The second kappa shape index (κ2) is 7.88. The van der Waals surface area contributed by atoms with Crippen molar-refractivity contribution in [3.8, 4) is 5.75 Å². The van der Waals surface area contributed by atoms with Crippen LogP contribution in [0.25, 0.3) is 0 Å². The molecule has 0 aliphatic carbocycles. The van der Waals surface area contributed by atoms with Gasteiger partial charge in [0.1, 0.15) is 5.75 Å². The van der Waals surface area contributed by atoms with Gasteiger partial charge in [0.15, 0.2) is 0 Å². The molecule has 0 saturated carbocycles. The van der Waals surface area contributed by atoms with Crippen LogP contribution in [-0.2, 0) is 14.8 Å². The topological polar surface area (TPSA) is 75.7 Å². The summed E-state index contributed by atoms with van der Waals surface area (Å²) < 4.78 is 31.4. The lowest BCUT2D eigenvalue weighted by Gasteiger charge is -2.29. The summed E-state index contributed by atoms with van der Waals surface area (Å²) in [5.41, 5.74) is 1.07. The average Bonchev–Trinajstić information content (AvgIpc) is 2.55. The van der Waals surface area contributed by atoms with Gasteiger partial charge in [0, 0.05) is 18.2 Å². The van der Waals surface area contributed by atoms with E-state index in [-0.39, 0.29) is 17.6 Å². The van der Waals surface area contributed by atoms with Crippen LogP contribution in [0.1, 0.15) is 39.5 Å². The number of carbonyl (C=O) groups excluding carboxylic acids is 1. The van der Waals surface area contributed by atoms with Crippen LogP contribution in [0, 0.1) is 5.92 Å². The Labute approximate surface area is 144 Å². The Hall–Kier alpha value is -1.76. The van der Waals surface area contributed by atoms with Crippen molar-refractivity contribution in [2.75, 3.05) is 29.0 Å². The summed E-state index contributed by atoms with van der Waals surface area (Å²) in [4.78, 5) is 12.3. The quantitative estimate of drug-likeness (QED) is 0.852. The van der Waals surface area contributed by atoms with Gasteiger partial charge < -0.3 is 10.1 Å². The van der Waals surface area contributed by atoms with Crippen LogP contribution in [0.3, 0.4) is 0 Å². The zero-order valence-electron chi connectivity index (χ0n) is 14.5. The summed E-state index contributed by atoms with van der Waals surface area (Å²) in [6.07, 6.45) is 3.02. The van der Waals surface area contributed by atoms with E-state index in [9.17, 15) is 13.2 Å². The Bertz CT molecular complexity index is 684. The van der Waals surface area contributed by atoms with Gasteiger partial charge in [0.2, 0.25) is 15.9 Å². The third-order valence-electron chi connectivity index (χ3n) is 4.42. The fraction of sp³-hybridized carbons (Fsp3) is 0.588. The van der Waals surface area contributed by atoms with E-state index in [4.69, 9.17) is 4.74 Å². The van der Waals surface area contributed by atoms with Crippen LogP contribution in [0.15, 0.2) is 18.2 Å². The average molecular weight is 354 g/mol. The summed E-state index contributed by atoms with van der Waals surface area (Å²) in [6.45, 7) is 4.39. The molecule has 1 saturated heterocycles. The molecule has 0 atom stereocenters. The number of hydrogen-bond acceptors (Lipinski definition) is 4. The van der Waals surface area contributed by atoms with Gasteiger partial charge in [-0.25, -0.2) is 8.42 Å². The molecular weight excluding hydrogens is 328 g/mol. The Kier molecular flexibility index (Phi) is 6.10. The lowest BCUT2D eigenvalue weighted by Crippen LogP contribution is -2.38. The van der Waals surface area contributed by atoms with Crippen molar-refractivity contribution in [1.29, 1.82) is 0 Å². The number of anilines is 2. The zero-order valence-corrected chi connectivity index (χ0v) is 15.4. The summed E-state index contributed by atoms with van der Waals surface area (Å²) in [5, 5.41) is 2.89. The fourth-order valence-electron chi connectivity index (χ4n) is 2.93. The fourth-order valence-corrected chi connectivity index (χ4v) is 4.56. The molecule has 0 aromatic heterocycles. The molecule has 134 valence electrons.